The first-order chi connectivity index (χ1) is 31.4. The molecule has 0 saturated heterocycles. The monoisotopic (exact) mass is 934 g/mol. The highest BCUT2D eigenvalue weighted by molar-refractivity contribution is 5.86. The van der Waals surface area contributed by atoms with E-state index >= 15 is 0 Å². The van der Waals surface area contributed by atoms with Crippen molar-refractivity contribution >= 4 is 47.7 Å². The zero-order valence-corrected chi connectivity index (χ0v) is 36.7. The molecule has 12 N–H and O–H groups in total. The number of carboxylic acid groups (broad SMARTS) is 5. The second-order valence-corrected chi connectivity index (χ2v) is 15.4. The average Bonchev–Trinajstić information content (AvgIpc) is 3.24. The van der Waals surface area contributed by atoms with Crippen LogP contribution >= 0.6 is 0 Å². The van der Waals surface area contributed by atoms with E-state index in [1.54, 1.807) is 12.1 Å². The molecule has 2 rings (SSSR count). The number of aromatic nitrogens is 2. The zero-order chi connectivity index (χ0) is 49.0. The van der Waals surface area contributed by atoms with E-state index < -0.39 is 67.5 Å². The van der Waals surface area contributed by atoms with Crippen molar-refractivity contribution in [1.82, 2.24) is 41.0 Å². The molecule has 0 fully saturated rings. The van der Waals surface area contributed by atoms with Crippen molar-refractivity contribution in [3.8, 4) is 11.5 Å². The number of nitrogens with zero attached hydrogens (tertiary/aromatic N) is 4. The standard InChI is InChI=1S/C42H62N8O16/c51-22-6-7-27-10-14-33(52)31(45-27)23-49(25-38(58)59)20-21-50(26-39(60)61)24-32-34(53)15-11-28(46-32)12-16-36(55)44-18-4-1-2-9-35(54)43-19-5-3-8-29(40(62)63)47-42(66)48-30(41(64)65)13-17-37(56)57/h10-11,14-15,29-30,51-53H,1-9,12-13,16-26H2,(H,43,54)(H,44,55)(H,56,57)(H,58,59)(H,60,61)(H,62,63)(H,64,65)(H2,47,48,66)/t29-,30-/m0/s1. The summed E-state index contributed by atoms with van der Waals surface area (Å²) in [5.41, 5.74) is 1.46. The van der Waals surface area contributed by atoms with Crippen molar-refractivity contribution in [2.24, 2.45) is 0 Å². The number of aliphatic carboxylic acids is 5. The van der Waals surface area contributed by atoms with Crippen LogP contribution in [0.25, 0.3) is 0 Å². The van der Waals surface area contributed by atoms with Gasteiger partial charge in [0.05, 0.1) is 24.5 Å². The highest BCUT2D eigenvalue weighted by Gasteiger charge is 2.25. The lowest BCUT2D eigenvalue weighted by Crippen LogP contribution is -2.51. The van der Waals surface area contributed by atoms with E-state index in [1.165, 1.54) is 21.9 Å². The van der Waals surface area contributed by atoms with E-state index in [9.17, 15) is 63.9 Å². The van der Waals surface area contributed by atoms with Gasteiger partial charge in [0.15, 0.2) is 0 Å². The van der Waals surface area contributed by atoms with Crippen molar-refractivity contribution in [3.05, 3.63) is 47.0 Å². The van der Waals surface area contributed by atoms with E-state index in [4.69, 9.17) is 15.3 Å². The van der Waals surface area contributed by atoms with Crippen molar-refractivity contribution in [2.75, 3.05) is 45.9 Å². The van der Waals surface area contributed by atoms with Gasteiger partial charge in [-0.05, 0) is 82.1 Å². The lowest BCUT2D eigenvalue weighted by atomic mass is 10.1. The van der Waals surface area contributed by atoms with Crippen LogP contribution in [-0.4, -0.2) is 166 Å². The normalized spacial score (nSPS) is 12.0. The molecule has 0 bridgehead atoms. The molecule has 0 spiro atoms. The predicted molar refractivity (Wildman–Crippen MR) is 231 cm³/mol. The first-order valence-electron chi connectivity index (χ1n) is 21.5. The summed E-state index contributed by atoms with van der Waals surface area (Å²) < 4.78 is 0. The topological polar surface area (TPSA) is 379 Å². The summed E-state index contributed by atoms with van der Waals surface area (Å²) in [5.74, 6) is -7.20. The van der Waals surface area contributed by atoms with Crippen LogP contribution in [0.4, 0.5) is 4.79 Å². The van der Waals surface area contributed by atoms with Crippen LogP contribution in [0, 0.1) is 0 Å². The largest absolute Gasteiger partial charge is 0.506 e. The molecular formula is C42H62N8O16. The molecule has 0 aliphatic carbocycles. The Balaban J connectivity index is 1.74. The van der Waals surface area contributed by atoms with E-state index in [0.29, 0.717) is 62.9 Å². The summed E-state index contributed by atoms with van der Waals surface area (Å²) in [7, 11) is 0. The van der Waals surface area contributed by atoms with Crippen LogP contribution < -0.4 is 21.3 Å². The van der Waals surface area contributed by atoms with Crippen LogP contribution in [0.2, 0.25) is 0 Å². The van der Waals surface area contributed by atoms with Crippen LogP contribution in [0.15, 0.2) is 24.3 Å². The number of aliphatic hydroxyl groups excluding tert-OH is 1. The highest BCUT2D eigenvalue weighted by Crippen LogP contribution is 2.20. The number of nitrogens with one attached hydrogen (secondary N) is 4. The number of hydrogen-bond donors (Lipinski definition) is 12. The smallest absolute Gasteiger partial charge is 0.326 e. The molecule has 66 heavy (non-hydrogen) atoms. The Morgan fingerprint density at radius 2 is 1.03 bits per heavy atom. The van der Waals surface area contributed by atoms with Crippen LogP contribution in [0.3, 0.4) is 0 Å². The number of pyridine rings is 2. The van der Waals surface area contributed by atoms with Crippen LogP contribution in [0.5, 0.6) is 11.5 Å². The number of aryl methyl sites for hydroxylation is 2. The maximum Gasteiger partial charge on any atom is 0.326 e. The lowest BCUT2D eigenvalue weighted by Gasteiger charge is -2.26. The van der Waals surface area contributed by atoms with Gasteiger partial charge < -0.3 is 62.1 Å². The molecule has 4 amide bonds. The molecule has 0 aromatic carbocycles. The molecule has 366 valence electrons. The fourth-order valence-corrected chi connectivity index (χ4v) is 6.44. The Labute approximate surface area is 380 Å². The van der Waals surface area contributed by atoms with Gasteiger partial charge in [0, 0.05) is 76.5 Å². The Morgan fingerprint density at radius 1 is 0.545 bits per heavy atom. The SMILES string of the molecule is O=C(O)CC[C@H](NC(=O)N[C@@H](CCCCNC(=O)CCCCCNC(=O)CCc1ccc(O)c(CN(CCN(CC(=O)O)Cc2nc(CCCO)ccc2O)CC(=O)O)n1)C(=O)O)C(=O)O. The van der Waals surface area contributed by atoms with Gasteiger partial charge in [-0.1, -0.05) is 6.42 Å². The Morgan fingerprint density at radius 3 is 1.52 bits per heavy atom. The first-order valence-corrected chi connectivity index (χ1v) is 21.5. The summed E-state index contributed by atoms with van der Waals surface area (Å²) >= 11 is 0. The van der Waals surface area contributed by atoms with Crippen molar-refractivity contribution in [3.63, 3.8) is 0 Å². The Kier molecular flexibility index (Phi) is 25.6. The fraction of sp³-hybridized carbons (Fsp3) is 0.571. The lowest BCUT2D eigenvalue weighted by molar-refractivity contribution is -0.141. The van der Waals surface area contributed by atoms with E-state index in [-0.39, 0.29) is 106 Å². The molecular weight excluding hydrogens is 873 g/mol. The number of hydrogen-bond acceptors (Lipinski definition) is 15. The third-order valence-corrected chi connectivity index (χ3v) is 9.91. The van der Waals surface area contributed by atoms with Crippen LogP contribution in [0.1, 0.15) is 93.4 Å². The number of aliphatic hydroxyl groups is 1. The number of amides is 4. The predicted octanol–water partition coefficient (Wildman–Crippen LogP) is 0.252. The van der Waals surface area contributed by atoms with Crippen LogP contribution in [-0.2, 0) is 59.5 Å². The van der Waals surface area contributed by atoms with Gasteiger partial charge in [0.1, 0.15) is 23.6 Å². The number of carbonyl (C=O) groups excluding carboxylic acids is 3. The quantitative estimate of drug-likeness (QED) is 0.0412. The molecule has 2 atom stereocenters. The molecule has 0 radical (unpaired) electrons. The maximum absolute atomic E-state index is 12.6. The minimum atomic E-state index is -1.52. The molecule has 2 aromatic rings. The van der Waals surface area contributed by atoms with Crippen molar-refractivity contribution in [2.45, 2.75) is 109 Å². The Bertz CT molecular complexity index is 1940. The molecule has 0 unspecified atom stereocenters. The number of carbonyl (C=O) groups is 8. The van der Waals surface area contributed by atoms with Gasteiger partial charge in [0.2, 0.25) is 11.8 Å². The number of rotatable bonds is 35. The van der Waals surface area contributed by atoms with Gasteiger partial charge in [-0.15, -0.1) is 0 Å². The highest BCUT2D eigenvalue weighted by atomic mass is 16.4. The minimum Gasteiger partial charge on any atom is -0.506 e. The fourth-order valence-electron chi connectivity index (χ4n) is 6.44. The second kappa shape index (κ2) is 30.5. The molecule has 0 aliphatic heterocycles. The molecule has 2 heterocycles. The van der Waals surface area contributed by atoms with Gasteiger partial charge in [-0.2, -0.15) is 0 Å². The van der Waals surface area contributed by atoms with Crippen molar-refractivity contribution < 1.29 is 79.2 Å². The zero-order valence-electron chi connectivity index (χ0n) is 36.7. The summed E-state index contributed by atoms with van der Waals surface area (Å²) in [6.07, 6.45) is 3.00. The third-order valence-electron chi connectivity index (χ3n) is 9.91. The maximum atomic E-state index is 12.6. The summed E-state index contributed by atoms with van der Waals surface area (Å²) in [6.45, 7) is -0.382. The second-order valence-electron chi connectivity index (χ2n) is 15.4. The van der Waals surface area contributed by atoms with Gasteiger partial charge in [-0.3, -0.25) is 43.7 Å². The third kappa shape index (κ3) is 23.9. The van der Waals surface area contributed by atoms with E-state index in [0.717, 1.165) is 0 Å². The first kappa shape index (κ1) is 55.5. The summed E-state index contributed by atoms with van der Waals surface area (Å²) in [6, 6.07) is 2.06. The van der Waals surface area contributed by atoms with E-state index in [2.05, 4.69) is 31.2 Å². The molecule has 2 aromatic heterocycles. The number of carboxylic acids is 5. The van der Waals surface area contributed by atoms with Gasteiger partial charge in [0.25, 0.3) is 0 Å². The summed E-state index contributed by atoms with van der Waals surface area (Å²) in [4.78, 5) is 106. The van der Waals surface area contributed by atoms with Gasteiger partial charge >= 0.3 is 35.9 Å². The van der Waals surface area contributed by atoms with Crippen molar-refractivity contribution in [1.29, 1.82) is 0 Å². The number of urea groups is 1. The van der Waals surface area contributed by atoms with Gasteiger partial charge in [-0.25, -0.2) is 14.4 Å². The minimum absolute atomic E-state index is 0.00631. The Hall–Kier alpha value is -6.66. The molecule has 0 saturated carbocycles. The van der Waals surface area contributed by atoms with E-state index in [1.807, 2.05) is 0 Å². The summed E-state index contributed by atoms with van der Waals surface area (Å²) in [5, 5.41) is 86.3. The number of aromatic hydroxyl groups is 2. The molecule has 24 nitrogen and oxygen atoms in total. The average molecular weight is 935 g/mol. The molecule has 0 aliphatic rings. The number of unbranched alkanes of at least 4 members (excludes halogenated alkanes) is 3. The molecule has 24 heteroatoms.